The number of esters is 1. The molecule has 0 radical (unpaired) electrons. The second kappa shape index (κ2) is 10.1. The van der Waals surface area contributed by atoms with E-state index in [2.05, 4.69) is 41.5 Å². The van der Waals surface area contributed by atoms with Crippen LogP contribution in [0.1, 0.15) is 59.5 Å². The average Bonchev–Trinajstić information content (AvgIpc) is 3.47. The van der Waals surface area contributed by atoms with E-state index in [4.69, 9.17) is 4.74 Å². The van der Waals surface area contributed by atoms with Crippen LogP contribution in [0.5, 0.6) is 0 Å². The molecule has 1 aromatic carbocycles. The van der Waals surface area contributed by atoms with Gasteiger partial charge in [0.15, 0.2) is 11.0 Å². The first-order valence-corrected chi connectivity index (χ1v) is 12.9. The van der Waals surface area contributed by atoms with Gasteiger partial charge in [-0.3, -0.25) is 4.79 Å². The number of nitrogens with one attached hydrogen (secondary N) is 1. The van der Waals surface area contributed by atoms with E-state index < -0.39 is 0 Å². The summed E-state index contributed by atoms with van der Waals surface area (Å²) in [6.07, 6.45) is 2.83. The summed E-state index contributed by atoms with van der Waals surface area (Å²) in [6, 6.07) is 8.31. The van der Waals surface area contributed by atoms with Crippen molar-refractivity contribution in [1.29, 1.82) is 0 Å². The fraction of sp³-hybridized carbons (Fsp3) is 0.417. The van der Waals surface area contributed by atoms with Gasteiger partial charge in [-0.05, 0) is 43.2 Å². The highest BCUT2D eigenvalue weighted by Crippen LogP contribution is 2.39. The molecule has 174 valence electrons. The molecule has 0 saturated carbocycles. The summed E-state index contributed by atoms with van der Waals surface area (Å²) in [6.45, 7) is 6.42. The van der Waals surface area contributed by atoms with Gasteiger partial charge in [0, 0.05) is 17.5 Å². The van der Waals surface area contributed by atoms with E-state index in [1.807, 2.05) is 23.7 Å². The second-order valence-electron chi connectivity index (χ2n) is 8.26. The zero-order valence-electron chi connectivity index (χ0n) is 19.3. The zero-order valence-corrected chi connectivity index (χ0v) is 20.9. The average molecular weight is 485 g/mol. The van der Waals surface area contributed by atoms with Crippen molar-refractivity contribution in [3.63, 3.8) is 0 Å². The van der Waals surface area contributed by atoms with Crippen LogP contribution in [0.15, 0.2) is 29.4 Å². The van der Waals surface area contributed by atoms with E-state index >= 15 is 0 Å². The molecule has 2 aromatic heterocycles. The summed E-state index contributed by atoms with van der Waals surface area (Å²) in [5, 5.41) is 12.8. The number of fused-ring (bicyclic) bond motifs is 1. The number of nitrogens with zero attached hydrogens (tertiary/aromatic N) is 3. The molecule has 0 bridgehead atoms. The van der Waals surface area contributed by atoms with Crippen molar-refractivity contribution in [2.75, 3.05) is 17.7 Å². The molecular weight excluding hydrogens is 456 g/mol. The summed E-state index contributed by atoms with van der Waals surface area (Å²) in [4.78, 5) is 26.4. The lowest BCUT2D eigenvalue weighted by atomic mass is 10.0. The van der Waals surface area contributed by atoms with E-state index in [1.54, 1.807) is 6.92 Å². The van der Waals surface area contributed by atoms with Crippen molar-refractivity contribution >= 4 is 40.0 Å². The largest absolute Gasteiger partial charge is 0.462 e. The summed E-state index contributed by atoms with van der Waals surface area (Å²) < 4.78 is 7.13. The minimum absolute atomic E-state index is 0.170. The molecule has 0 spiro atoms. The molecule has 0 fully saturated rings. The Morgan fingerprint density at radius 3 is 2.67 bits per heavy atom. The summed E-state index contributed by atoms with van der Waals surface area (Å²) in [5.41, 5.74) is 3.81. The van der Waals surface area contributed by atoms with Crippen LogP contribution in [0.2, 0.25) is 0 Å². The lowest BCUT2D eigenvalue weighted by Gasteiger charge is -2.08. The third-order valence-corrected chi connectivity index (χ3v) is 7.88. The minimum Gasteiger partial charge on any atom is -0.462 e. The predicted octanol–water partition coefficient (Wildman–Crippen LogP) is 5.06. The molecule has 0 saturated heterocycles. The molecule has 1 aliphatic carbocycles. The predicted molar refractivity (Wildman–Crippen MR) is 132 cm³/mol. The topological polar surface area (TPSA) is 86.1 Å². The number of thiophene rings is 1. The Labute approximate surface area is 201 Å². The minimum atomic E-state index is -0.360. The number of aromatic nitrogens is 3. The number of hydrogen-bond acceptors (Lipinski definition) is 7. The molecule has 0 atom stereocenters. The summed E-state index contributed by atoms with van der Waals surface area (Å²) in [7, 11) is 1.90. The summed E-state index contributed by atoms with van der Waals surface area (Å²) >= 11 is 2.80. The van der Waals surface area contributed by atoms with Crippen LogP contribution in [0.4, 0.5) is 5.00 Å². The van der Waals surface area contributed by atoms with Gasteiger partial charge in [0.05, 0.1) is 17.9 Å². The number of aryl methyl sites for hydroxylation is 1. The molecule has 0 aliphatic heterocycles. The third kappa shape index (κ3) is 4.99. The first kappa shape index (κ1) is 23.5. The van der Waals surface area contributed by atoms with Crippen LogP contribution in [-0.4, -0.2) is 39.0 Å². The quantitative estimate of drug-likeness (QED) is 0.355. The van der Waals surface area contributed by atoms with Crippen LogP contribution < -0.4 is 5.32 Å². The standard InChI is InChI=1S/C24H28N4O3S2/c1-5-31-23(30)20-17-7-6-8-18(17)33-22(20)25-19(29)13-32-24-27-26-21(28(24)4)16-11-9-15(10-12-16)14(2)3/h9-12,14H,5-8,13H2,1-4H3,(H,25,29). The number of ether oxygens (including phenoxy) is 1. The number of thioether (sulfide) groups is 1. The highest BCUT2D eigenvalue weighted by atomic mass is 32.2. The Bertz CT molecular complexity index is 1170. The van der Waals surface area contributed by atoms with Crippen molar-refractivity contribution in [2.24, 2.45) is 7.05 Å². The Morgan fingerprint density at radius 1 is 1.21 bits per heavy atom. The Hall–Kier alpha value is -2.65. The van der Waals surface area contributed by atoms with Crippen molar-refractivity contribution in [3.8, 4) is 11.4 Å². The van der Waals surface area contributed by atoms with Gasteiger partial charge < -0.3 is 14.6 Å². The molecule has 33 heavy (non-hydrogen) atoms. The number of hydrogen-bond donors (Lipinski definition) is 1. The fourth-order valence-electron chi connectivity index (χ4n) is 3.91. The number of rotatable bonds is 8. The van der Waals surface area contributed by atoms with Gasteiger partial charge in [-0.1, -0.05) is 49.9 Å². The number of amides is 1. The third-order valence-electron chi connectivity index (χ3n) is 5.66. The lowest BCUT2D eigenvalue weighted by molar-refractivity contribution is -0.113. The van der Waals surface area contributed by atoms with E-state index in [1.165, 1.54) is 33.5 Å². The van der Waals surface area contributed by atoms with Crippen LogP contribution in [0, 0.1) is 0 Å². The van der Waals surface area contributed by atoms with Gasteiger partial charge in [-0.2, -0.15) is 0 Å². The normalized spacial score (nSPS) is 12.8. The lowest BCUT2D eigenvalue weighted by Crippen LogP contribution is -2.17. The van der Waals surface area contributed by atoms with Crippen molar-refractivity contribution < 1.29 is 14.3 Å². The van der Waals surface area contributed by atoms with Crippen LogP contribution in [0.3, 0.4) is 0 Å². The van der Waals surface area contributed by atoms with Crippen molar-refractivity contribution in [1.82, 2.24) is 14.8 Å². The number of carbonyl (C=O) groups excluding carboxylic acids is 2. The van der Waals surface area contributed by atoms with Gasteiger partial charge >= 0.3 is 5.97 Å². The molecule has 9 heteroatoms. The molecule has 7 nitrogen and oxygen atoms in total. The maximum Gasteiger partial charge on any atom is 0.341 e. The highest BCUT2D eigenvalue weighted by molar-refractivity contribution is 7.99. The Morgan fingerprint density at radius 2 is 1.97 bits per heavy atom. The Kier molecular flexibility index (Phi) is 7.19. The van der Waals surface area contributed by atoms with Crippen molar-refractivity contribution in [2.45, 2.75) is 51.1 Å². The highest BCUT2D eigenvalue weighted by Gasteiger charge is 2.28. The van der Waals surface area contributed by atoms with Crippen LogP contribution in [-0.2, 0) is 29.4 Å². The van der Waals surface area contributed by atoms with E-state index in [0.717, 1.165) is 36.2 Å². The maximum absolute atomic E-state index is 12.7. The van der Waals surface area contributed by atoms with Gasteiger partial charge in [-0.15, -0.1) is 21.5 Å². The maximum atomic E-state index is 12.7. The number of carbonyl (C=O) groups is 2. The molecule has 1 amide bonds. The van der Waals surface area contributed by atoms with E-state index in [-0.39, 0.29) is 17.6 Å². The molecule has 3 aromatic rings. The molecule has 4 rings (SSSR count). The van der Waals surface area contributed by atoms with Crippen LogP contribution in [0.25, 0.3) is 11.4 Å². The van der Waals surface area contributed by atoms with Gasteiger partial charge in [0.25, 0.3) is 0 Å². The van der Waals surface area contributed by atoms with E-state index in [0.29, 0.717) is 28.2 Å². The second-order valence-corrected chi connectivity index (χ2v) is 10.3. The smallest absolute Gasteiger partial charge is 0.341 e. The molecule has 2 heterocycles. The molecule has 1 aliphatic rings. The molecule has 0 unspecified atom stereocenters. The molecule has 1 N–H and O–H groups in total. The first-order chi connectivity index (χ1) is 15.9. The van der Waals surface area contributed by atoms with Crippen LogP contribution >= 0.6 is 23.1 Å². The Balaban J connectivity index is 1.43. The first-order valence-electron chi connectivity index (χ1n) is 11.1. The fourth-order valence-corrected chi connectivity index (χ4v) is 5.92. The number of anilines is 1. The SMILES string of the molecule is CCOC(=O)c1c(NC(=O)CSc2nnc(-c3ccc(C(C)C)cc3)n2C)sc2c1CCC2. The monoisotopic (exact) mass is 484 g/mol. The zero-order chi connectivity index (χ0) is 23.5. The van der Waals surface area contributed by atoms with Gasteiger partial charge in [0.2, 0.25) is 5.91 Å². The van der Waals surface area contributed by atoms with Crippen molar-refractivity contribution in [3.05, 3.63) is 45.8 Å². The summed E-state index contributed by atoms with van der Waals surface area (Å²) in [5.74, 6) is 0.852. The van der Waals surface area contributed by atoms with E-state index in [9.17, 15) is 9.59 Å². The van der Waals surface area contributed by atoms with Gasteiger partial charge in [0.1, 0.15) is 5.00 Å². The number of benzene rings is 1. The van der Waals surface area contributed by atoms with Gasteiger partial charge in [-0.25, -0.2) is 4.79 Å². The molecular formula is C24H28N4O3S2.